The van der Waals surface area contributed by atoms with Crippen LogP contribution in [0.1, 0.15) is 19.5 Å². The minimum atomic E-state index is 0.0697. The fraction of sp³-hybridized carbons (Fsp3) is 0.636. The van der Waals surface area contributed by atoms with E-state index in [1.165, 1.54) is 0 Å². The van der Waals surface area contributed by atoms with Crippen LogP contribution in [0.15, 0.2) is 12.4 Å². The van der Waals surface area contributed by atoms with Crippen LogP contribution in [-0.2, 0) is 16.1 Å². The molecule has 0 fully saturated rings. The van der Waals surface area contributed by atoms with Gasteiger partial charge in [0.05, 0.1) is 37.4 Å². The number of aromatic nitrogens is 2. The van der Waals surface area contributed by atoms with Crippen LogP contribution in [0.3, 0.4) is 0 Å². The molecule has 0 aliphatic rings. The maximum absolute atomic E-state index is 5.52. The lowest BCUT2D eigenvalue weighted by Gasteiger charge is -2.11. The Morgan fingerprint density at radius 3 is 2.75 bits per heavy atom. The van der Waals surface area contributed by atoms with Crippen molar-refractivity contribution in [2.75, 3.05) is 25.6 Å². The summed E-state index contributed by atoms with van der Waals surface area (Å²) < 4.78 is 10.5. The zero-order valence-electron chi connectivity index (χ0n) is 10.1. The lowest BCUT2D eigenvalue weighted by molar-refractivity contribution is -0.00146. The Morgan fingerprint density at radius 1 is 1.38 bits per heavy atom. The van der Waals surface area contributed by atoms with Crippen molar-refractivity contribution in [3.63, 3.8) is 0 Å². The number of nitrogens with one attached hydrogen (secondary N) is 1. The number of rotatable bonds is 7. The highest BCUT2D eigenvalue weighted by Crippen LogP contribution is 2.03. The molecule has 0 saturated heterocycles. The van der Waals surface area contributed by atoms with E-state index in [9.17, 15) is 0 Å². The van der Waals surface area contributed by atoms with Crippen LogP contribution in [-0.4, -0.2) is 36.3 Å². The third-order valence-corrected chi connectivity index (χ3v) is 1.98. The standard InChI is InChI=1S/C11H19N3O2/c1-4-12-11-6-13-10(5-14-11)8-16-9(2)7-15-3/h5-6,9H,4,7-8H2,1-3H3,(H,12,14). The van der Waals surface area contributed by atoms with E-state index in [0.717, 1.165) is 18.1 Å². The molecule has 16 heavy (non-hydrogen) atoms. The molecular weight excluding hydrogens is 206 g/mol. The maximum Gasteiger partial charge on any atom is 0.144 e. The first kappa shape index (κ1) is 12.9. The second kappa shape index (κ2) is 7.14. The van der Waals surface area contributed by atoms with E-state index in [1.54, 1.807) is 19.5 Å². The van der Waals surface area contributed by atoms with Crippen LogP contribution in [0, 0.1) is 0 Å². The van der Waals surface area contributed by atoms with Gasteiger partial charge in [-0.25, -0.2) is 4.98 Å². The van der Waals surface area contributed by atoms with Crippen LogP contribution in [0.4, 0.5) is 5.82 Å². The van der Waals surface area contributed by atoms with Gasteiger partial charge in [-0.1, -0.05) is 0 Å². The van der Waals surface area contributed by atoms with Gasteiger partial charge < -0.3 is 14.8 Å². The highest BCUT2D eigenvalue weighted by molar-refractivity contribution is 5.30. The van der Waals surface area contributed by atoms with Gasteiger partial charge in [0.2, 0.25) is 0 Å². The Bertz CT molecular complexity index is 290. The number of hydrogen-bond acceptors (Lipinski definition) is 5. The summed E-state index contributed by atoms with van der Waals surface area (Å²) in [4.78, 5) is 8.45. The Hall–Kier alpha value is -1.20. The van der Waals surface area contributed by atoms with E-state index in [2.05, 4.69) is 15.3 Å². The Kier molecular flexibility index (Phi) is 5.74. The van der Waals surface area contributed by atoms with Crippen molar-refractivity contribution in [3.05, 3.63) is 18.1 Å². The topological polar surface area (TPSA) is 56.3 Å². The fourth-order valence-electron chi connectivity index (χ4n) is 1.21. The summed E-state index contributed by atoms with van der Waals surface area (Å²) in [6, 6.07) is 0. The van der Waals surface area contributed by atoms with E-state index in [0.29, 0.717) is 13.2 Å². The van der Waals surface area contributed by atoms with Crippen LogP contribution >= 0.6 is 0 Å². The van der Waals surface area contributed by atoms with Crippen LogP contribution < -0.4 is 5.32 Å². The van der Waals surface area contributed by atoms with Crippen molar-refractivity contribution in [1.82, 2.24) is 9.97 Å². The normalized spacial score (nSPS) is 12.4. The van der Waals surface area contributed by atoms with Crippen molar-refractivity contribution < 1.29 is 9.47 Å². The first-order valence-electron chi connectivity index (χ1n) is 5.41. The van der Waals surface area contributed by atoms with E-state index >= 15 is 0 Å². The van der Waals surface area contributed by atoms with Crippen molar-refractivity contribution >= 4 is 5.82 Å². The first-order chi connectivity index (χ1) is 7.76. The molecule has 0 amide bonds. The number of methoxy groups -OCH3 is 1. The van der Waals surface area contributed by atoms with Gasteiger partial charge in [-0.2, -0.15) is 0 Å². The summed E-state index contributed by atoms with van der Waals surface area (Å²) in [6.07, 6.45) is 3.50. The third kappa shape index (κ3) is 4.55. The SMILES string of the molecule is CCNc1cnc(COC(C)COC)cn1. The summed E-state index contributed by atoms with van der Waals surface area (Å²) in [5, 5.41) is 3.09. The van der Waals surface area contributed by atoms with Gasteiger partial charge in [0, 0.05) is 13.7 Å². The summed E-state index contributed by atoms with van der Waals surface area (Å²) in [6.45, 7) is 5.87. The molecule has 5 nitrogen and oxygen atoms in total. The second-order valence-corrected chi connectivity index (χ2v) is 3.50. The molecule has 0 saturated carbocycles. The molecule has 5 heteroatoms. The summed E-state index contributed by atoms with van der Waals surface area (Å²) >= 11 is 0. The van der Waals surface area contributed by atoms with E-state index in [1.807, 2.05) is 13.8 Å². The summed E-state index contributed by atoms with van der Waals surface area (Å²) in [7, 11) is 1.66. The van der Waals surface area contributed by atoms with E-state index in [-0.39, 0.29) is 6.10 Å². The lowest BCUT2D eigenvalue weighted by Crippen LogP contribution is -2.15. The maximum atomic E-state index is 5.52. The Balaban J connectivity index is 2.37. The van der Waals surface area contributed by atoms with E-state index < -0.39 is 0 Å². The number of hydrogen-bond donors (Lipinski definition) is 1. The fourth-order valence-corrected chi connectivity index (χ4v) is 1.21. The molecule has 0 aliphatic heterocycles. The molecule has 1 rings (SSSR count). The second-order valence-electron chi connectivity index (χ2n) is 3.50. The predicted molar refractivity (Wildman–Crippen MR) is 62.3 cm³/mol. The monoisotopic (exact) mass is 225 g/mol. The summed E-state index contributed by atoms with van der Waals surface area (Å²) in [5.74, 6) is 0.788. The van der Waals surface area contributed by atoms with Crippen LogP contribution in [0.25, 0.3) is 0 Å². The van der Waals surface area contributed by atoms with Gasteiger partial charge in [-0.05, 0) is 13.8 Å². The molecule has 1 aromatic heterocycles. The van der Waals surface area contributed by atoms with Gasteiger partial charge in [0.15, 0.2) is 0 Å². The molecule has 1 aromatic rings. The molecule has 0 aromatic carbocycles. The zero-order chi connectivity index (χ0) is 11.8. The highest BCUT2D eigenvalue weighted by Gasteiger charge is 2.03. The number of anilines is 1. The molecule has 1 heterocycles. The quantitative estimate of drug-likeness (QED) is 0.761. The van der Waals surface area contributed by atoms with Gasteiger partial charge in [0.1, 0.15) is 5.82 Å². The molecule has 0 radical (unpaired) electrons. The smallest absolute Gasteiger partial charge is 0.144 e. The van der Waals surface area contributed by atoms with Gasteiger partial charge >= 0.3 is 0 Å². The average Bonchev–Trinajstić information content (AvgIpc) is 2.29. The number of ether oxygens (including phenoxy) is 2. The molecule has 90 valence electrons. The molecule has 0 aliphatic carbocycles. The Labute approximate surface area is 96.2 Å². The van der Waals surface area contributed by atoms with Crippen LogP contribution in [0.5, 0.6) is 0 Å². The first-order valence-corrected chi connectivity index (χ1v) is 5.41. The molecule has 1 unspecified atom stereocenters. The van der Waals surface area contributed by atoms with Gasteiger partial charge in [0.25, 0.3) is 0 Å². The lowest BCUT2D eigenvalue weighted by atomic mass is 10.4. The van der Waals surface area contributed by atoms with Crippen molar-refractivity contribution in [1.29, 1.82) is 0 Å². The Morgan fingerprint density at radius 2 is 2.19 bits per heavy atom. The molecule has 1 atom stereocenters. The van der Waals surface area contributed by atoms with Crippen molar-refractivity contribution in [2.24, 2.45) is 0 Å². The predicted octanol–water partition coefficient (Wildman–Crippen LogP) is 1.46. The molecule has 1 N–H and O–H groups in total. The molecule has 0 bridgehead atoms. The van der Waals surface area contributed by atoms with Crippen molar-refractivity contribution in [3.8, 4) is 0 Å². The molecular formula is C11H19N3O2. The van der Waals surface area contributed by atoms with Crippen LogP contribution in [0.2, 0.25) is 0 Å². The highest BCUT2D eigenvalue weighted by atomic mass is 16.5. The van der Waals surface area contributed by atoms with Gasteiger partial charge in [-0.15, -0.1) is 0 Å². The minimum Gasteiger partial charge on any atom is -0.382 e. The van der Waals surface area contributed by atoms with Gasteiger partial charge in [-0.3, -0.25) is 4.98 Å². The zero-order valence-corrected chi connectivity index (χ0v) is 10.1. The van der Waals surface area contributed by atoms with Crippen molar-refractivity contribution in [2.45, 2.75) is 26.6 Å². The minimum absolute atomic E-state index is 0.0697. The summed E-state index contributed by atoms with van der Waals surface area (Å²) in [5.41, 5.74) is 0.824. The number of nitrogens with zero attached hydrogens (tertiary/aromatic N) is 2. The molecule has 0 spiro atoms. The third-order valence-electron chi connectivity index (χ3n) is 1.98. The largest absolute Gasteiger partial charge is 0.382 e. The van der Waals surface area contributed by atoms with E-state index in [4.69, 9.17) is 9.47 Å². The average molecular weight is 225 g/mol.